The van der Waals surface area contributed by atoms with Gasteiger partial charge < -0.3 is 10.1 Å². The third-order valence-corrected chi connectivity index (χ3v) is 3.08. The molecule has 0 aliphatic heterocycles. The molecule has 0 saturated carbocycles. The molecule has 0 fully saturated rings. The maximum Gasteiger partial charge on any atom is 0.227 e. The molecule has 0 radical (unpaired) electrons. The van der Waals surface area contributed by atoms with Crippen LogP contribution in [-0.4, -0.2) is 22.0 Å². The molecule has 0 aliphatic rings. The number of nitrogens with zero attached hydrogens (tertiary/aromatic N) is 3. The average Bonchev–Trinajstić information content (AvgIpc) is 2.50. The van der Waals surface area contributed by atoms with Crippen LogP contribution in [0, 0.1) is 6.92 Å². The van der Waals surface area contributed by atoms with Crippen LogP contribution in [-0.2, 0) is 0 Å². The highest BCUT2D eigenvalue weighted by Crippen LogP contribution is 2.30. The summed E-state index contributed by atoms with van der Waals surface area (Å²) in [6.45, 7) is 1.92. The summed E-state index contributed by atoms with van der Waals surface area (Å²) in [6, 6.07) is 9.73. The van der Waals surface area contributed by atoms with Gasteiger partial charge in [0.05, 0.1) is 5.56 Å². The predicted molar refractivity (Wildman–Crippen MR) is 78.1 cm³/mol. The second-order valence-electron chi connectivity index (χ2n) is 4.34. The zero-order valence-electron chi connectivity index (χ0n) is 11.3. The lowest BCUT2D eigenvalue weighted by atomic mass is 10.2. The van der Waals surface area contributed by atoms with Crippen molar-refractivity contribution in [3.63, 3.8) is 0 Å². The fourth-order valence-electron chi connectivity index (χ4n) is 2.05. The molecule has 2 aromatic heterocycles. The van der Waals surface area contributed by atoms with Crippen molar-refractivity contribution >= 4 is 16.7 Å². The Labute approximate surface area is 116 Å². The number of hydrogen-bond donors (Lipinski definition) is 1. The van der Waals surface area contributed by atoms with E-state index in [0.29, 0.717) is 11.6 Å². The van der Waals surface area contributed by atoms with Crippen LogP contribution in [0.15, 0.2) is 42.9 Å². The minimum atomic E-state index is 0.530. The summed E-state index contributed by atoms with van der Waals surface area (Å²) in [6.07, 6.45) is 3.23. The highest BCUT2D eigenvalue weighted by atomic mass is 16.5. The van der Waals surface area contributed by atoms with Crippen LogP contribution in [0.1, 0.15) is 5.56 Å². The topological polar surface area (TPSA) is 59.9 Å². The van der Waals surface area contributed by atoms with Crippen LogP contribution in [0.2, 0.25) is 0 Å². The second-order valence-corrected chi connectivity index (χ2v) is 4.34. The quantitative estimate of drug-likeness (QED) is 0.789. The number of benzene rings is 1. The summed E-state index contributed by atoms with van der Waals surface area (Å²) in [5, 5.41) is 4.04. The van der Waals surface area contributed by atoms with Crippen LogP contribution in [0.4, 0.5) is 5.82 Å². The molecular formula is C15H14N4O. The summed E-state index contributed by atoms with van der Waals surface area (Å²) < 4.78 is 5.91. The summed E-state index contributed by atoms with van der Waals surface area (Å²) in [7, 11) is 1.82. The molecule has 2 heterocycles. The number of pyridine rings is 1. The molecule has 1 aromatic carbocycles. The standard InChI is InChI=1S/C15H14N4O/c1-10-14(16-2)18-9-19-15(10)20-12-7-3-5-11-6-4-8-17-13(11)12/h3-9H,1-2H3,(H,16,18,19). The first-order valence-electron chi connectivity index (χ1n) is 6.30. The third kappa shape index (κ3) is 2.14. The largest absolute Gasteiger partial charge is 0.436 e. The molecule has 0 atom stereocenters. The molecule has 100 valence electrons. The van der Waals surface area contributed by atoms with Gasteiger partial charge in [0.2, 0.25) is 5.88 Å². The number of rotatable bonds is 3. The lowest BCUT2D eigenvalue weighted by Crippen LogP contribution is -2.00. The molecule has 0 unspecified atom stereocenters. The molecule has 5 nitrogen and oxygen atoms in total. The highest BCUT2D eigenvalue weighted by Gasteiger charge is 2.10. The van der Waals surface area contributed by atoms with E-state index in [1.165, 1.54) is 6.33 Å². The molecule has 3 rings (SSSR count). The van der Waals surface area contributed by atoms with E-state index in [-0.39, 0.29) is 0 Å². The van der Waals surface area contributed by atoms with Gasteiger partial charge in [-0.2, -0.15) is 0 Å². The molecule has 20 heavy (non-hydrogen) atoms. The Morgan fingerprint density at radius 1 is 1.05 bits per heavy atom. The van der Waals surface area contributed by atoms with Crippen molar-refractivity contribution in [2.24, 2.45) is 0 Å². The van der Waals surface area contributed by atoms with Gasteiger partial charge in [0.1, 0.15) is 17.7 Å². The van der Waals surface area contributed by atoms with Gasteiger partial charge in [-0.3, -0.25) is 4.98 Å². The van der Waals surface area contributed by atoms with E-state index in [4.69, 9.17) is 4.74 Å². The lowest BCUT2D eigenvalue weighted by Gasteiger charge is -2.11. The first kappa shape index (κ1) is 12.3. The first-order valence-corrected chi connectivity index (χ1v) is 6.30. The Kier molecular flexibility index (Phi) is 3.16. The van der Waals surface area contributed by atoms with Gasteiger partial charge in [-0.05, 0) is 19.1 Å². The third-order valence-electron chi connectivity index (χ3n) is 3.08. The van der Waals surface area contributed by atoms with E-state index in [1.54, 1.807) is 6.20 Å². The minimum Gasteiger partial charge on any atom is -0.436 e. The zero-order chi connectivity index (χ0) is 13.9. The lowest BCUT2D eigenvalue weighted by molar-refractivity contribution is 0.462. The Morgan fingerprint density at radius 3 is 2.75 bits per heavy atom. The molecule has 5 heteroatoms. The maximum absolute atomic E-state index is 5.91. The van der Waals surface area contributed by atoms with Crippen molar-refractivity contribution in [1.82, 2.24) is 15.0 Å². The van der Waals surface area contributed by atoms with Gasteiger partial charge in [-0.1, -0.05) is 18.2 Å². The van der Waals surface area contributed by atoms with Gasteiger partial charge in [-0.25, -0.2) is 9.97 Å². The van der Waals surface area contributed by atoms with E-state index in [2.05, 4.69) is 20.3 Å². The van der Waals surface area contributed by atoms with E-state index in [0.717, 1.165) is 22.3 Å². The SMILES string of the molecule is CNc1ncnc(Oc2cccc3cccnc23)c1C. The summed E-state index contributed by atoms with van der Waals surface area (Å²) >= 11 is 0. The highest BCUT2D eigenvalue weighted by molar-refractivity contribution is 5.84. The van der Waals surface area contributed by atoms with E-state index < -0.39 is 0 Å². The van der Waals surface area contributed by atoms with Gasteiger partial charge >= 0.3 is 0 Å². The van der Waals surface area contributed by atoms with Crippen molar-refractivity contribution < 1.29 is 4.74 Å². The second kappa shape index (κ2) is 5.13. The molecular weight excluding hydrogens is 252 g/mol. The van der Waals surface area contributed by atoms with Crippen molar-refractivity contribution in [2.75, 3.05) is 12.4 Å². The Balaban J connectivity index is 2.06. The number of fused-ring (bicyclic) bond motifs is 1. The predicted octanol–water partition coefficient (Wildman–Crippen LogP) is 3.17. The summed E-state index contributed by atoms with van der Waals surface area (Å²) in [5.74, 6) is 1.97. The maximum atomic E-state index is 5.91. The van der Waals surface area contributed by atoms with E-state index in [9.17, 15) is 0 Å². The summed E-state index contributed by atoms with van der Waals surface area (Å²) in [4.78, 5) is 12.7. The molecule has 0 spiro atoms. The number of anilines is 1. The zero-order valence-corrected chi connectivity index (χ0v) is 11.3. The number of hydrogen-bond acceptors (Lipinski definition) is 5. The molecule has 0 bridgehead atoms. The van der Waals surface area contributed by atoms with Crippen molar-refractivity contribution in [3.8, 4) is 11.6 Å². The number of nitrogens with one attached hydrogen (secondary N) is 1. The normalized spacial score (nSPS) is 10.5. The van der Waals surface area contributed by atoms with Gasteiger partial charge in [0.15, 0.2) is 5.75 Å². The Bertz CT molecular complexity index is 752. The molecule has 0 amide bonds. The summed E-state index contributed by atoms with van der Waals surface area (Å²) in [5.41, 5.74) is 1.68. The van der Waals surface area contributed by atoms with Crippen LogP contribution in [0.25, 0.3) is 10.9 Å². The number of ether oxygens (including phenoxy) is 1. The van der Waals surface area contributed by atoms with Crippen LogP contribution >= 0.6 is 0 Å². The number of aromatic nitrogens is 3. The van der Waals surface area contributed by atoms with Gasteiger partial charge in [0.25, 0.3) is 0 Å². The fraction of sp³-hybridized carbons (Fsp3) is 0.133. The van der Waals surface area contributed by atoms with Crippen LogP contribution in [0.5, 0.6) is 11.6 Å². The minimum absolute atomic E-state index is 0.530. The monoisotopic (exact) mass is 266 g/mol. The molecule has 1 N–H and O–H groups in total. The van der Waals surface area contributed by atoms with E-state index in [1.807, 2.05) is 44.3 Å². The fourth-order valence-corrected chi connectivity index (χ4v) is 2.05. The van der Waals surface area contributed by atoms with E-state index >= 15 is 0 Å². The van der Waals surface area contributed by atoms with Gasteiger partial charge in [0, 0.05) is 18.6 Å². The van der Waals surface area contributed by atoms with Crippen molar-refractivity contribution in [2.45, 2.75) is 6.92 Å². The van der Waals surface area contributed by atoms with Crippen LogP contribution in [0.3, 0.4) is 0 Å². The van der Waals surface area contributed by atoms with Crippen molar-refractivity contribution in [3.05, 3.63) is 48.4 Å². The van der Waals surface area contributed by atoms with Crippen molar-refractivity contribution in [1.29, 1.82) is 0 Å². The number of para-hydroxylation sites is 1. The Morgan fingerprint density at radius 2 is 1.90 bits per heavy atom. The smallest absolute Gasteiger partial charge is 0.227 e. The van der Waals surface area contributed by atoms with Gasteiger partial charge in [-0.15, -0.1) is 0 Å². The Hall–Kier alpha value is -2.69. The molecule has 0 saturated heterocycles. The molecule has 3 aromatic rings. The average molecular weight is 266 g/mol. The molecule has 0 aliphatic carbocycles. The van der Waals surface area contributed by atoms with Crippen LogP contribution < -0.4 is 10.1 Å². The first-order chi connectivity index (χ1) is 9.79.